The van der Waals surface area contributed by atoms with Gasteiger partial charge in [-0.3, -0.25) is 0 Å². The van der Waals surface area contributed by atoms with E-state index >= 15 is 0 Å². The number of methoxy groups -OCH3 is 1. The normalized spacial score (nSPS) is 14.7. The van der Waals surface area contributed by atoms with Gasteiger partial charge in [-0.15, -0.1) is 0 Å². The van der Waals surface area contributed by atoms with Crippen LogP contribution in [0.4, 0.5) is 0 Å². The number of nitrogens with one attached hydrogen (secondary N) is 1. The minimum Gasteiger partial charge on any atom is -0.468 e. The number of rotatable bonds is 8. The molecule has 0 amide bonds. The summed E-state index contributed by atoms with van der Waals surface area (Å²) in [7, 11) is 3.11. The van der Waals surface area contributed by atoms with Crippen molar-refractivity contribution in [2.45, 2.75) is 38.6 Å². The van der Waals surface area contributed by atoms with Gasteiger partial charge in [0.2, 0.25) is 0 Å². The number of hydrogen-bond donors (Lipinski definition) is 1. The number of carbonyl (C=O) groups is 1. The first-order valence-electron chi connectivity index (χ1n) is 5.45. The van der Waals surface area contributed by atoms with Crippen LogP contribution in [-0.2, 0) is 14.3 Å². The van der Waals surface area contributed by atoms with Crippen LogP contribution in [0, 0.1) is 0 Å². The van der Waals surface area contributed by atoms with E-state index in [9.17, 15) is 4.79 Å². The number of esters is 1. The monoisotopic (exact) mass is 217 g/mol. The SMILES string of the molecule is CCCCCOCC(C)(NC)C(=O)OC. The van der Waals surface area contributed by atoms with Crippen molar-refractivity contribution in [2.75, 3.05) is 27.4 Å². The molecule has 90 valence electrons. The fourth-order valence-corrected chi connectivity index (χ4v) is 1.19. The molecule has 1 atom stereocenters. The van der Waals surface area contributed by atoms with Crippen molar-refractivity contribution in [3.8, 4) is 0 Å². The van der Waals surface area contributed by atoms with E-state index in [1.54, 1.807) is 14.0 Å². The third-order valence-corrected chi connectivity index (χ3v) is 2.47. The lowest BCUT2D eigenvalue weighted by Gasteiger charge is -2.25. The lowest BCUT2D eigenvalue weighted by Crippen LogP contribution is -2.52. The molecule has 0 aliphatic rings. The van der Waals surface area contributed by atoms with Gasteiger partial charge in [-0.05, 0) is 20.4 Å². The van der Waals surface area contributed by atoms with Crippen LogP contribution in [0.3, 0.4) is 0 Å². The van der Waals surface area contributed by atoms with Crippen LogP contribution < -0.4 is 5.32 Å². The Morgan fingerprint density at radius 1 is 1.40 bits per heavy atom. The molecule has 0 rings (SSSR count). The highest BCUT2D eigenvalue weighted by Crippen LogP contribution is 2.07. The molecule has 0 heterocycles. The van der Waals surface area contributed by atoms with Crippen molar-refractivity contribution in [3.05, 3.63) is 0 Å². The fraction of sp³-hybridized carbons (Fsp3) is 0.909. The van der Waals surface area contributed by atoms with Gasteiger partial charge in [0.15, 0.2) is 0 Å². The second-order valence-electron chi connectivity index (χ2n) is 3.83. The highest BCUT2D eigenvalue weighted by Gasteiger charge is 2.32. The molecule has 0 fully saturated rings. The molecule has 0 aromatic carbocycles. The topological polar surface area (TPSA) is 47.6 Å². The van der Waals surface area contributed by atoms with Crippen molar-refractivity contribution in [2.24, 2.45) is 0 Å². The van der Waals surface area contributed by atoms with E-state index in [4.69, 9.17) is 9.47 Å². The van der Waals surface area contributed by atoms with Crippen LogP contribution in [0.2, 0.25) is 0 Å². The van der Waals surface area contributed by atoms with Gasteiger partial charge in [0.25, 0.3) is 0 Å². The van der Waals surface area contributed by atoms with Gasteiger partial charge < -0.3 is 14.8 Å². The van der Waals surface area contributed by atoms with Crippen LogP contribution in [0.5, 0.6) is 0 Å². The third-order valence-electron chi connectivity index (χ3n) is 2.47. The molecule has 1 unspecified atom stereocenters. The molecule has 4 heteroatoms. The van der Waals surface area contributed by atoms with Gasteiger partial charge >= 0.3 is 5.97 Å². The smallest absolute Gasteiger partial charge is 0.328 e. The average Bonchev–Trinajstić information content (AvgIpc) is 2.27. The molecule has 0 aliphatic carbocycles. The summed E-state index contributed by atoms with van der Waals surface area (Å²) in [5.41, 5.74) is -0.735. The summed E-state index contributed by atoms with van der Waals surface area (Å²) in [6.07, 6.45) is 3.37. The second kappa shape index (κ2) is 7.65. The van der Waals surface area contributed by atoms with E-state index < -0.39 is 5.54 Å². The van der Waals surface area contributed by atoms with Crippen LogP contribution in [0.25, 0.3) is 0 Å². The first-order valence-corrected chi connectivity index (χ1v) is 5.45. The molecule has 0 bridgehead atoms. The number of likely N-dealkylation sites (N-methyl/N-ethyl adjacent to an activating group) is 1. The van der Waals surface area contributed by atoms with Crippen LogP contribution in [-0.4, -0.2) is 38.9 Å². The van der Waals surface area contributed by atoms with Crippen molar-refractivity contribution in [3.63, 3.8) is 0 Å². The van der Waals surface area contributed by atoms with Gasteiger partial charge in [0, 0.05) is 6.61 Å². The molecule has 15 heavy (non-hydrogen) atoms. The van der Waals surface area contributed by atoms with Crippen LogP contribution >= 0.6 is 0 Å². The largest absolute Gasteiger partial charge is 0.468 e. The molecular weight excluding hydrogens is 194 g/mol. The quantitative estimate of drug-likeness (QED) is 0.492. The molecule has 4 nitrogen and oxygen atoms in total. The first kappa shape index (κ1) is 14.4. The fourth-order valence-electron chi connectivity index (χ4n) is 1.19. The van der Waals surface area contributed by atoms with Crippen molar-refractivity contribution in [1.82, 2.24) is 5.32 Å². The van der Waals surface area contributed by atoms with E-state index in [1.807, 2.05) is 0 Å². The Balaban J connectivity index is 3.83. The van der Waals surface area contributed by atoms with Gasteiger partial charge in [0.05, 0.1) is 13.7 Å². The standard InChI is InChI=1S/C11H23NO3/c1-5-6-7-8-15-9-11(2,12-3)10(13)14-4/h12H,5-9H2,1-4H3. The zero-order valence-corrected chi connectivity index (χ0v) is 10.3. The first-order chi connectivity index (χ1) is 7.10. The van der Waals surface area contributed by atoms with Crippen molar-refractivity contribution in [1.29, 1.82) is 0 Å². The highest BCUT2D eigenvalue weighted by molar-refractivity contribution is 5.80. The summed E-state index contributed by atoms with van der Waals surface area (Å²) in [4.78, 5) is 11.4. The number of hydrogen-bond acceptors (Lipinski definition) is 4. The predicted molar refractivity (Wildman–Crippen MR) is 59.8 cm³/mol. The molecule has 0 aliphatic heterocycles. The van der Waals surface area contributed by atoms with E-state index in [-0.39, 0.29) is 5.97 Å². The summed E-state index contributed by atoms with van der Waals surface area (Å²) < 4.78 is 10.2. The number of carbonyl (C=O) groups excluding carboxylic acids is 1. The Hall–Kier alpha value is -0.610. The Morgan fingerprint density at radius 3 is 2.53 bits per heavy atom. The average molecular weight is 217 g/mol. The Bertz CT molecular complexity index is 185. The molecular formula is C11H23NO3. The van der Waals surface area contributed by atoms with Gasteiger partial charge in [-0.1, -0.05) is 19.8 Å². The van der Waals surface area contributed by atoms with Gasteiger partial charge in [-0.2, -0.15) is 0 Å². The summed E-state index contributed by atoms with van der Waals surface area (Å²) >= 11 is 0. The Kier molecular flexibility index (Phi) is 7.34. The van der Waals surface area contributed by atoms with Crippen LogP contribution in [0.1, 0.15) is 33.1 Å². The lowest BCUT2D eigenvalue weighted by molar-refractivity contribution is -0.150. The lowest BCUT2D eigenvalue weighted by atomic mass is 10.1. The minimum absolute atomic E-state index is 0.291. The van der Waals surface area contributed by atoms with E-state index in [2.05, 4.69) is 12.2 Å². The molecule has 0 radical (unpaired) electrons. The number of ether oxygens (including phenoxy) is 2. The molecule has 0 saturated heterocycles. The zero-order valence-electron chi connectivity index (χ0n) is 10.3. The zero-order chi connectivity index (χ0) is 11.7. The van der Waals surface area contributed by atoms with Gasteiger partial charge in [0.1, 0.15) is 5.54 Å². The number of unbranched alkanes of at least 4 members (excludes halogenated alkanes) is 2. The Labute approximate surface area is 92.3 Å². The molecule has 0 aromatic heterocycles. The maximum atomic E-state index is 11.4. The predicted octanol–water partition coefficient (Wildman–Crippen LogP) is 1.34. The minimum atomic E-state index is -0.735. The summed E-state index contributed by atoms with van der Waals surface area (Å²) in [5, 5.41) is 2.92. The van der Waals surface area contributed by atoms with Crippen LogP contribution in [0.15, 0.2) is 0 Å². The van der Waals surface area contributed by atoms with Crippen molar-refractivity contribution >= 4 is 5.97 Å². The third kappa shape index (κ3) is 5.14. The molecule has 0 spiro atoms. The van der Waals surface area contributed by atoms with E-state index in [0.29, 0.717) is 13.2 Å². The van der Waals surface area contributed by atoms with Gasteiger partial charge in [-0.25, -0.2) is 4.79 Å². The highest BCUT2D eigenvalue weighted by atomic mass is 16.5. The second-order valence-corrected chi connectivity index (χ2v) is 3.83. The maximum absolute atomic E-state index is 11.4. The molecule has 1 N–H and O–H groups in total. The molecule has 0 saturated carbocycles. The summed E-state index contributed by atoms with van der Waals surface area (Å²) in [6.45, 7) is 4.97. The van der Waals surface area contributed by atoms with E-state index in [1.165, 1.54) is 13.5 Å². The Morgan fingerprint density at radius 2 is 2.07 bits per heavy atom. The van der Waals surface area contributed by atoms with E-state index in [0.717, 1.165) is 12.8 Å². The molecule has 0 aromatic rings. The maximum Gasteiger partial charge on any atom is 0.328 e. The van der Waals surface area contributed by atoms with Crippen molar-refractivity contribution < 1.29 is 14.3 Å². The summed E-state index contributed by atoms with van der Waals surface area (Å²) in [6, 6.07) is 0. The summed E-state index contributed by atoms with van der Waals surface area (Å²) in [5.74, 6) is -0.291.